The summed E-state index contributed by atoms with van der Waals surface area (Å²) in [5.41, 5.74) is 1.62. The van der Waals surface area contributed by atoms with Crippen LogP contribution in [0.2, 0.25) is 5.02 Å². The lowest BCUT2D eigenvalue weighted by Crippen LogP contribution is -2.28. The smallest absolute Gasteiger partial charge is 0.0409 e. The molecular weight excluding hydrogens is 206 g/mol. The summed E-state index contributed by atoms with van der Waals surface area (Å²) in [6, 6.07) is 8.00. The number of nitrogens with one attached hydrogen (secondary N) is 1. The van der Waals surface area contributed by atoms with Gasteiger partial charge < -0.3 is 5.32 Å². The first-order valence-electron chi connectivity index (χ1n) is 5.49. The van der Waals surface area contributed by atoms with E-state index < -0.39 is 0 Å². The summed E-state index contributed by atoms with van der Waals surface area (Å²) in [5, 5.41) is 4.27. The summed E-state index contributed by atoms with van der Waals surface area (Å²) in [4.78, 5) is 0. The Balaban J connectivity index is 2.38. The van der Waals surface area contributed by atoms with Crippen molar-refractivity contribution < 1.29 is 0 Å². The van der Waals surface area contributed by atoms with Crippen LogP contribution in [0.4, 0.5) is 0 Å². The van der Waals surface area contributed by atoms with Crippen LogP contribution in [0, 0.1) is 5.41 Å². The molecule has 1 aromatic rings. The average molecular weight is 226 g/mol. The lowest BCUT2D eigenvalue weighted by molar-refractivity contribution is 0.327. The van der Waals surface area contributed by atoms with Gasteiger partial charge in [0.2, 0.25) is 0 Å². The van der Waals surface area contributed by atoms with Crippen molar-refractivity contribution in [1.29, 1.82) is 0 Å². The molecule has 0 heterocycles. The summed E-state index contributed by atoms with van der Waals surface area (Å²) < 4.78 is 0. The highest BCUT2D eigenvalue weighted by molar-refractivity contribution is 6.30. The van der Waals surface area contributed by atoms with E-state index in [4.69, 9.17) is 11.6 Å². The van der Waals surface area contributed by atoms with Crippen molar-refractivity contribution in [1.82, 2.24) is 5.32 Å². The fraction of sp³-hybridized carbons (Fsp3) is 0.538. The summed E-state index contributed by atoms with van der Waals surface area (Å²) in [6.07, 6.45) is 1.19. The zero-order chi connectivity index (χ0) is 11.3. The third kappa shape index (κ3) is 4.67. The van der Waals surface area contributed by atoms with Gasteiger partial charge in [-0.3, -0.25) is 0 Å². The van der Waals surface area contributed by atoms with Gasteiger partial charge in [-0.15, -0.1) is 0 Å². The fourth-order valence-corrected chi connectivity index (χ4v) is 1.53. The molecule has 1 N–H and O–H groups in total. The molecule has 15 heavy (non-hydrogen) atoms. The minimum Gasteiger partial charge on any atom is -0.312 e. The van der Waals surface area contributed by atoms with Gasteiger partial charge in [-0.05, 0) is 29.5 Å². The molecule has 0 amide bonds. The molecule has 2 heteroatoms. The van der Waals surface area contributed by atoms with Crippen LogP contribution in [-0.4, -0.2) is 6.54 Å². The van der Waals surface area contributed by atoms with Crippen molar-refractivity contribution in [3.63, 3.8) is 0 Å². The first-order chi connectivity index (χ1) is 7.03. The van der Waals surface area contributed by atoms with E-state index in [0.29, 0.717) is 5.41 Å². The largest absolute Gasteiger partial charge is 0.312 e. The molecule has 1 nitrogen and oxygen atoms in total. The molecule has 0 unspecified atom stereocenters. The second-order valence-electron chi connectivity index (χ2n) is 4.75. The van der Waals surface area contributed by atoms with Gasteiger partial charge in [-0.1, -0.05) is 44.5 Å². The van der Waals surface area contributed by atoms with E-state index >= 15 is 0 Å². The molecule has 0 saturated carbocycles. The van der Waals surface area contributed by atoms with Gasteiger partial charge >= 0.3 is 0 Å². The maximum absolute atomic E-state index is 5.91. The van der Waals surface area contributed by atoms with Crippen LogP contribution < -0.4 is 5.32 Å². The van der Waals surface area contributed by atoms with E-state index in [0.717, 1.165) is 18.1 Å². The van der Waals surface area contributed by atoms with Gasteiger partial charge in [0.25, 0.3) is 0 Å². The first kappa shape index (κ1) is 12.5. The first-order valence-corrected chi connectivity index (χ1v) is 5.86. The molecule has 1 rings (SSSR count). The minimum atomic E-state index is 0.374. The monoisotopic (exact) mass is 225 g/mol. The lowest BCUT2D eigenvalue weighted by atomic mass is 9.90. The Morgan fingerprint density at radius 1 is 1.33 bits per heavy atom. The van der Waals surface area contributed by atoms with Crippen LogP contribution in [0.3, 0.4) is 0 Å². The van der Waals surface area contributed by atoms with Crippen molar-refractivity contribution in [2.45, 2.75) is 33.7 Å². The standard InChI is InChI=1S/C13H20ClN/c1-4-13(2,3)10-15-9-11-6-5-7-12(14)8-11/h5-8,15H,4,9-10H2,1-3H3. The van der Waals surface area contributed by atoms with Crippen LogP contribution in [0.25, 0.3) is 0 Å². The summed E-state index contributed by atoms with van der Waals surface area (Å²) in [6.45, 7) is 8.71. The van der Waals surface area contributed by atoms with Gasteiger partial charge in [0, 0.05) is 18.1 Å². The molecule has 0 aliphatic rings. The Kier molecular flexibility index (Phi) is 4.62. The molecule has 0 radical (unpaired) electrons. The van der Waals surface area contributed by atoms with Gasteiger partial charge in [0.1, 0.15) is 0 Å². The molecular formula is C13H20ClN. The normalized spacial score (nSPS) is 11.7. The van der Waals surface area contributed by atoms with Crippen molar-refractivity contribution in [3.05, 3.63) is 34.9 Å². The second kappa shape index (κ2) is 5.53. The Hall–Kier alpha value is -0.530. The van der Waals surface area contributed by atoms with Crippen molar-refractivity contribution in [3.8, 4) is 0 Å². The fourth-order valence-electron chi connectivity index (χ4n) is 1.32. The van der Waals surface area contributed by atoms with Crippen LogP contribution in [0.5, 0.6) is 0 Å². The Morgan fingerprint density at radius 3 is 2.67 bits per heavy atom. The summed E-state index contributed by atoms with van der Waals surface area (Å²) >= 11 is 5.91. The molecule has 0 aliphatic heterocycles. The molecule has 0 saturated heterocycles. The zero-order valence-electron chi connectivity index (χ0n) is 9.81. The van der Waals surface area contributed by atoms with E-state index in [9.17, 15) is 0 Å². The van der Waals surface area contributed by atoms with E-state index in [1.807, 2.05) is 18.2 Å². The quantitative estimate of drug-likeness (QED) is 0.803. The minimum absolute atomic E-state index is 0.374. The number of benzene rings is 1. The summed E-state index contributed by atoms with van der Waals surface area (Å²) in [7, 11) is 0. The highest BCUT2D eigenvalue weighted by Crippen LogP contribution is 2.18. The molecule has 84 valence electrons. The molecule has 0 aromatic heterocycles. The predicted molar refractivity (Wildman–Crippen MR) is 67.2 cm³/mol. The Morgan fingerprint density at radius 2 is 2.07 bits per heavy atom. The zero-order valence-corrected chi connectivity index (χ0v) is 10.6. The Bertz CT molecular complexity index is 307. The number of hydrogen-bond donors (Lipinski definition) is 1. The van der Waals surface area contributed by atoms with E-state index in [1.54, 1.807) is 0 Å². The number of rotatable bonds is 5. The molecule has 0 spiro atoms. The molecule has 0 bridgehead atoms. The van der Waals surface area contributed by atoms with Crippen molar-refractivity contribution in [2.75, 3.05) is 6.54 Å². The highest BCUT2D eigenvalue weighted by atomic mass is 35.5. The van der Waals surface area contributed by atoms with Crippen LogP contribution >= 0.6 is 11.6 Å². The molecule has 1 aromatic carbocycles. The third-order valence-corrected chi connectivity index (χ3v) is 3.01. The lowest BCUT2D eigenvalue weighted by Gasteiger charge is -2.22. The van der Waals surface area contributed by atoms with E-state index in [1.165, 1.54) is 12.0 Å². The van der Waals surface area contributed by atoms with Gasteiger partial charge in [-0.25, -0.2) is 0 Å². The van der Waals surface area contributed by atoms with Crippen LogP contribution in [-0.2, 0) is 6.54 Å². The van der Waals surface area contributed by atoms with E-state index in [2.05, 4.69) is 32.2 Å². The van der Waals surface area contributed by atoms with E-state index in [-0.39, 0.29) is 0 Å². The Labute approximate surface area is 97.8 Å². The van der Waals surface area contributed by atoms with Crippen LogP contribution in [0.15, 0.2) is 24.3 Å². The van der Waals surface area contributed by atoms with Gasteiger partial charge in [0.05, 0.1) is 0 Å². The molecule has 0 aliphatic carbocycles. The third-order valence-electron chi connectivity index (χ3n) is 2.78. The maximum atomic E-state index is 5.91. The average Bonchev–Trinajstić information content (AvgIpc) is 2.18. The topological polar surface area (TPSA) is 12.0 Å². The number of halogens is 1. The molecule has 0 fully saturated rings. The highest BCUT2D eigenvalue weighted by Gasteiger charge is 2.13. The van der Waals surface area contributed by atoms with Gasteiger partial charge in [0.15, 0.2) is 0 Å². The molecule has 0 atom stereocenters. The van der Waals surface area contributed by atoms with Crippen LogP contribution in [0.1, 0.15) is 32.8 Å². The summed E-state index contributed by atoms with van der Waals surface area (Å²) in [5.74, 6) is 0. The van der Waals surface area contributed by atoms with Gasteiger partial charge in [-0.2, -0.15) is 0 Å². The second-order valence-corrected chi connectivity index (χ2v) is 5.19. The van der Waals surface area contributed by atoms with Crippen molar-refractivity contribution in [2.24, 2.45) is 5.41 Å². The number of hydrogen-bond acceptors (Lipinski definition) is 1. The maximum Gasteiger partial charge on any atom is 0.0409 e. The SMILES string of the molecule is CCC(C)(C)CNCc1cccc(Cl)c1. The van der Waals surface area contributed by atoms with Crippen molar-refractivity contribution >= 4 is 11.6 Å². The predicted octanol–water partition coefficient (Wildman–Crippen LogP) is 3.87.